The van der Waals surface area contributed by atoms with Crippen molar-refractivity contribution in [2.75, 3.05) is 37.6 Å². The molecule has 1 N–H and O–H groups in total. The van der Waals surface area contributed by atoms with E-state index >= 15 is 0 Å². The molecule has 8 heteroatoms. The average Bonchev–Trinajstić information content (AvgIpc) is 3.27. The second-order valence-corrected chi connectivity index (χ2v) is 7.63. The summed E-state index contributed by atoms with van der Waals surface area (Å²) in [5, 5.41) is 6.55. The molecule has 1 aliphatic rings. The zero-order valence-corrected chi connectivity index (χ0v) is 17.3. The lowest BCUT2D eigenvalue weighted by Crippen LogP contribution is -2.52. The minimum Gasteiger partial charge on any atom is -0.357 e. The second kappa shape index (κ2) is 9.47. The van der Waals surface area contributed by atoms with Gasteiger partial charge in [0.1, 0.15) is 5.01 Å². The van der Waals surface area contributed by atoms with Crippen LogP contribution in [0.15, 0.2) is 59.2 Å². The highest BCUT2D eigenvalue weighted by atomic mass is 32.1. The van der Waals surface area contributed by atoms with Gasteiger partial charge >= 0.3 is 0 Å². The van der Waals surface area contributed by atoms with Crippen LogP contribution in [0.2, 0.25) is 0 Å². The van der Waals surface area contributed by atoms with Crippen LogP contribution in [0, 0.1) is 0 Å². The molecule has 0 saturated carbocycles. The molecule has 1 fully saturated rings. The highest BCUT2D eigenvalue weighted by molar-refractivity contribution is 7.09. The van der Waals surface area contributed by atoms with E-state index in [1.807, 2.05) is 24.3 Å². The van der Waals surface area contributed by atoms with E-state index in [-0.39, 0.29) is 0 Å². The average molecular weight is 408 g/mol. The molecule has 1 aliphatic heterocycles. The number of anilines is 1. The van der Waals surface area contributed by atoms with E-state index in [4.69, 9.17) is 9.98 Å². The molecular weight excluding hydrogens is 382 g/mol. The van der Waals surface area contributed by atoms with Crippen molar-refractivity contribution < 1.29 is 0 Å². The van der Waals surface area contributed by atoms with Gasteiger partial charge in [-0.3, -0.25) is 0 Å². The number of aliphatic imine (C=N–C) groups is 1. The minimum atomic E-state index is 0.585. The van der Waals surface area contributed by atoms with Crippen LogP contribution in [0.3, 0.4) is 0 Å². The van der Waals surface area contributed by atoms with Crippen molar-refractivity contribution in [1.29, 1.82) is 0 Å². The summed E-state index contributed by atoms with van der Waals surface area (Å²) in [5.74, 6) is 1.74. The minimum absolute atomic E-state index is 0.585. The van der Waals surface area contributed by atoms with Crippen LogP contribution < -0.4 is 10.2 Å². The molecule has 4 rings (SSSR count). The van der Waals surface area contributed by atoms with Gasteiger partial charge in [0, 0.05) is 56.1 Å². The normalized spacial score (nSPS) is 14.9. The number of piperazine rings is 1. The van der Waals surface area contributed by atoms with Gasteiger partial charge < -0.3 is 15.1 Å². The fourth-order valence-electron chi connectivity index (χ4n) is 3.27. The van der Waals surface area contributed by atoms with E-state index in [1.54, 1.807) is 23.7 Å². The standard InChI is InChI=1S/C21H25N7S/c1-2-22-20(27-11-13-28(14-12-27)21-23-9-6-10-24-21)25-15-19-26-18(16-29-19)17-7-4-3-5-8-17/h3-10,16H,2,11-15H2,1H3,(H,22,25). The predicted molar refractivity (Wildman–Crippen MR) is 118 cm³/mol. The Hall–Kier alpha value is -3.00. The maximum absolute atomic E-state index is 4.84. The van der Waals surface area contributed by atoms with Gasteiger partial charge in [-0.2, -0.15) is 0 Å². The number of hydrogen-bond donors (Lipinski definition) is 1. The SMILES string of the molecule is CCNC(=NCc1nc(-c2ccccc2)cs1)N1CCN(c2ncccn2)CC1. The van der Waals surface area contributed by atoms with E-state index in [0.717, 1.165) is 60.9 Å². The maximum atomic E-state index is 4.84. The Kier molecular flexibility index (Phi) is 6.31. The predicted octanol–water partition coefficient (Wildman–Crippen LogP) is 2.89. The molecule has 0 atom stereocenters. The molecule has 7 nitrogen and oxygen atoms in total. The molecule has 0 spiro atoms. The zero-order valence-electron chi connectivity index (χ0n) is 16.5. The number of hydrogen-bond acceptors (Lipinski definition) is 6. The van der Waals surface area contributed by atoms with Crippen LogP contribution in [0.1, 0.15) is 11.9 Å². The number of benzene rings is 1. The van der Waals surface area contributed by atoms with Gasteiger partial charge in [0.2, 0.25) is 5.95 Å². The van der Waals surface area contributed by atoms with Crippen LogP contribution >= 0.6 is 11.3 Å². The van der Waals surface area contributed by atoms with Gasteiger partial charge in [0.15, 0.2) is 5.96 Å². The molecule has 0 radical (unpaired) electrons. The third-order valence-corrected chi connectivity index (χ3v) is 5.57. The van der Waals surface area contributed by atoms with Gasteiger partial charge in [0.25, 0.3) is 0 Å². The van der Waals surface area contributed by atoms with E-state index in [9.17, 15) is 0 Å². The zero-order chi connectivity index (χ0) is 19.9. The Labute approximate surface area is 175 Å². The van der Waals surface area contributed by atoms with Crippen LogP contribution in [-0.4, -0.2) is 58.5 Å². The molecule has 0 amide bonds. The molecule has 0 aliphatic carbocycles. The highest BCUT2D eigenvalue weighted by Gasteiger charge is 2.21. The van der Waals surface area contributed by atoms with Crippen LogP contribution in [0.4, 0.5) is 5.95 Å². The lowest BCUT2D eigenvalue weighted by atomic mass is 10.2. The Morgan fingerprint density at radius 3 is 2.55 bits per heavy atom. The van der Waals surface area contributed by atoms with Crippen molar-refractivity contribution in [3.05, 3.63) is 59.2 Å². The van der Waals surface area contributed by atoms with E-state index in [0.29, 0.717) is 6.54 Å². The summed E-state index contributed by atoms with van der Waals surface area (Å²) in [6.45, 7) is 7.05. The number of guanidine groups is 1. The van der Waals surface area contributed by atoms with Gasteiger partial charge in [-0.25, -0.2) is 19.9 Å². The van der Waals surface area contributed by atoms with E-state index in [1.165, 1.54) is 0 Å². The van der Waals surface area contributed by atoms with E-state index in [2.05, 4.69) is 49.5 Å². The summed E-state index contributed by atoms with van der Waals surface area (Å²) in [6.07, 6.45) is 3.58. The second-order valence-electron chi connectivity index (χ2n) is 6.69. The highest BCUT2D eigenvalue weighted by Crippen LogP contribution is 2.22. The van der Waals surface area contributed by atoms with E-state index < -0.39 is 0 Å². The summed E-state index contributed by atoms with van der Waals surface area (Å²) in [4.78, 5) is 22.8. The van der Waals surface area contributed by atoms with Gasteiger partial charge in [0.05, 0.1) is 12.2 Å². The molecule has 1 aromatic carbocycles. The molecule has 2 aromatic heterocycles. The fraction of sp³-hybridized carbons (Fsp3) is 0.333. The Bertz CT molecular complexity index is 918. The monoisotopic (exact) mass is 407 g/mol. The first-order chi connectivity index (χ1) is 14.3. The first-order valence-electron chi connectivity index (χ1n) is 9.88. The quantitative estimate of drug-likeness (QED) is 0.518. The molecule has 29 heavy (non-hydrogen) atoms. The summed E-state index contributed by atoms with van der Waals surface area (Å²) in [6, 6.07) is 12.1. The smallest absolute Gasteiger partial charge is 0.225 e. The van der Waals surface area contributed by atoms with Crippen molar-refractivity contribution in [2.45, 2.75) is 13.5 Å². The molecule has 150 valence electrons. The summed E-state index contributed by atoms with van der Waals surface area (Å²) in [7, 11) is 0. The third-order valence-electron chi connectivity index (χ3n) is 4.73. The molecule has 0 unspecified atom stereocenters. The topological polar surface area (TPSA) is 69.5 Å². The molecule has 1 saturated heterocycles. The number of nitrogens with zero attached hydrogens (tertiary/aromatic N) is 6. The number of rotatable bonds is 5. The van der Waals surface area contributed by atoms with Crippen LogP contribution in [-0.2, 0) is 6.54 Å². The number of nitrogens with one attached hydrogen (secondary N) is 1. The van der Waals surface area contributed by atoms with Gasteiger partial charge in [-0.15, -0.1) is 11.3 Å². The van der Waals surface area contributed by atoms with Gasteiger partial charge in [-0.05, 0) is 13.0 Å². The molecule has 0 bridgehead atoms. The summed E-state index contributed by atoms with van der Waals surface area (Å²) >= 11 is 1.66. The van der Waals surface area contributed by atoms with Gasteiger partial charge in [-0.1, -0.05) is 30.3 Å². The molecular formula is C21H25N7S. The van der Waals surface area contributed by atoms with Crippen molar-refractivity contribution in [3.63, 3.8) is 0 Å². The fourth-order valence-corrected chi connectivity index (χ4v) is 3.99. The Morgan fingerprint density at radius 1 is 1.07 bits per heavy atom. The van der Waals surface area contributed by atoms with Crippen LogP contribution in [0.5, 0.6) is 0 Å². The molecule has 3 aromatic rings. The first kappa shape index (κ1) is 19.3. The maximum Gasteiger partial charge on any atom is 0.225 e. The summed E-state index contributed by atoms with van der Waals surface area (Å²) in [5.41, 5.74) is 2.16. The van der Waals surface area contributed by atoms with Crippen molar-refractivity contribution in [3.8, 4) is 11.3 Å². The van der Waals surface area contributed by atoms with Crippen LogP contribution in [0.25, 0.3) is 11.3 Å². The first-order valence-corrected chi connectivity index (χ1v) is 10.8. The van der Waals surface area contributed by atoms with Crippen molar-refractivity contribution in [1.82, 2.24) is 25.2 Å². The third kappa shape index (κ3) is 4.89. The lowest BCUT2D eigenvalue weighted by Gasteiger charge is -2.36. The largest absolute Gasteiger partial charge is 0.357 e. The number of thiazole rings is 1. The Balaban J connectivity index is 1.39. The van der Waals surface area contributed by atoms with Crippen molar-refractivity contribution in [2.24, 2.45) is 4.99 Å². The van der Waals surface area contributed by atoms with Crippen molar-refractivity contribution >= 4 is 23.2 Å². The summed E-state index contributed by atoms with van der Waals surface area (Å²) < 4.78 is 0. The lowest BCUT2D eigenvalue weighted by molar-refractivity contribution is 0.370. The Morgan fingerprint density at radius 2 is 1.83 bits per heavy atom. The molecule has 3 heterocycles. The number of aromatic nitrogens is 3.